The fourth-order valence-corrected chi connectivity index (χ4v) is 5.06. The highest BCUT2D eigenvalue weighted by Gasteiger charge is 2.28. The van der Waals surface area contributed by atoms with Gasteiger partial charge in [-0.15, -0.1) is 0 Å². The molecular weight excluding hydrogens is 491 g/mol. The maximum absolute atomic E-state index is 13.4. The van der Waals surface area contributed by atoms with Crippen LogP contribution in [0.25, 0.3) is 0 Å². The topological polar surface area (TPSA) is 66.5 Å². The Hall–Kier alpha value is -2.09. The minimum absolute atomic E-state index is 0.0240. The van der Waals surface area contributed by atoms with E-state index in [4.69, 9.17) is 34.8 Å². The second-order valence-corrected chi connectivity index (χ2v) is 10.4. The minimum atomic E-state index is -4.02. The molecule has 9 heteroatoms. The number of benzene rings is 3. The van der Waals surface area contributed by atoms with Crippen LogP contribution in [-0.2, 0) is 21.4 Å². The van der Waals surface area contributed by atoms with Crippen LogP contribution in [0.15, 0.2) is 77.7 Å². The second-order valence-electron chi connectivity index (χ2n) is 7.16. The van der Waals surface area contributed by atoms with Gasteiger partial charge in [-0.25, -0.2) is 8.42 Å². The van der Waals surface area contributed by atoms with Crippen LogP contribution in [-0.4, -0.2) is 25.2 Å². The lowest BCUT2D eigenvalue weighted by molar-refractivity contribution is -0.122. The summed E-state index contributed by atoms with van der Waals surface area (Å²) < 4.78 is 27.8. The summed E-state index contributed by atoms with van der Waals surface area (Å²) in [6.45, 7) is 1.34. The molecule has 0 unspecified atom stereocenters. The van der Waals surface area contributed by atoms with Gasteiger partial charge in [-0.2, -0.15) is 4.31 Å². The van der Waals surface area contributed by atoms with Crippen molar-refractivity contribution >= 4 is 50.7 Å². The molecule has 1 atom stereocenters. The predicted molar refractivity (Wildman–Crippen MR) is 129 cm³/mol. The number of nitrogens with one attached hydrogen (secondary N) is 1. The van der Waals surface area contributed by atoms with Crippen molar-refractivity contribution < 1.29 is 13.2 Å². The van der Waals surface area contributed by atoms with E-state index >= 15 is 0 Å². The van der Waals surface area contributed by atoms with Crippen molar-refractivity contribution in [2.45, 2.75) is 24.4 Å². The van der Waals surface area contributed by atoms with Crippen LogP contribution in [0.1, 0.15) is 24.1 Å². The largest absolute Gasteiger partial charge is 0.348 e. The highest BCUT2D eigenvalue weighted by Crippen LogP contribution is 2.26. The van der Waals surface area contributed by atoms with Crippen molar-refractivity contribution in [1.29, 1.82) is 0 Å². The molecule has 32 heavy (non-hydrogen) atoms. The van der Waals surface area contributed by atoms with Crippen molar-refractivity contribution in [3.05, 3.63) is 99.0 Å². The molecule has 3 rings (SSSR count). The maximum Gasteiger partial charge on any atom is 0.243 e. The molecule has 0 bridgehead atoms. The van der Waals surface area contributed by atoms with Gasteiger partial charge >= 0.3 is 0 Å². The SMILES string of the molecule is C[C@H](NC(=O)CN(Cc1ccc(Cl)cc1Cl)S(=O)(=O)c1ccc(Cl)cc1)c1ccccc1. The lowest BCUT2D eigenvalue weighted by Gasteiger charge is -2.24. The van der Waals surface area contributed by atoms with E-state index < -0.39 is 15.9 Å². The first kappa shape index (κ1) is 24.6. The Morgan fingerprint density at radius 1 is 0.938 bits per heavy atom. The molecule has 1 N–H and O–H groups in total. The lowest BCUT2D eigenvalue weighted by atomic mass is 10.1. The zero-order valence-electron chi connectivity index (χ0n) is 17.1. The summed E-state index contributed by atoms with van der Waals surface area (Å²) in [6, 6.07) is 19.7. The third-order valence-electron chi connectivity index (χ3n) is 4.81. The summed E-state index contributed by atoms with van der Waals surface area (Å²) in [5.74, 6) is -0.441. The number of sulfonamides is 1. The van der Waals surface area contributed by atoms with Gasteiger partial charge in [-0.3, -0.25) is 4.79 Å². The molecule has 0 aliphatic rings. The normalized spacial score (nSPS) is 12.5. The van der Waals surface area contributed by atoms with E-state index in [1.807, 2.05) is 37.3 Å². The molecule has 0 aliphatic carbocycles. The fraction of sp³-hybridized carbons (Fsp3) is 0.174. The average molecular weight is 512 g/mol. The Bertz CT molecular complexity index is 1190. The highest BCUT2D eigenvalue weighted by molar-refractivity contribution is 7.89. The monoisotopic (exact) mass is 510 g/mol. The number of nitrogens with zero attached hydrogens (tertiary/aromatic N) is 1. The lowest BCUT2D eigenvalue weighted by Crippen LogP contribution is -2.41. The van der Waals surface area contributed by atoms with Crippen LogP contribution in [0.4, 0.5) is 0 Å². The van der Waals surface area contributed by atoms with E-state index in [0.717, 1.165) is 9.87 Å². The summed E-state index contributed by atoms with van der Waals surface area (Å²) in [6.07, 6.45) is 0. The first-order valence-corrected chi connectivity index (χ1v) is 12.3. The standard InChI is InChI=1S/C23H21Cl3N2O3S/c1-16(17-5-3-2-4-6-17)27-23(29)15-28(14-18-7-8-20(25)13-22(18)26)32(30,31)21-11-9-19(24)10-12-21/h2-13,16H,14-15H2,1H3,(H,27,29)/t16-/m0/s1. The van der Waals surface area contributed by atoms with Crippen LogP contribution in [0.5, 0.6) is 0 Å². The number of carbonyl (C=O) groups excluding carboxylic acids is 1. The van der Waals surface area contributed by atoms with Crippen LogP contribution < -0.4 is 5.32 Å². The molecule has 0 spiro atoms. The summed E-state index contributed by atoms with van der Waals surface area (Å²) in [4.78, 5) is 12.8. The Morgan fingerprint density at radius 2 is 1.56 bits per heavy atom. The first-order chi connectivity index (χ1) is 15.2. The summed E-state index contributed by atoms with van der Waals surface area (Å²) >= 11 is 18.1. The van der Waals surface area contributed by atoms with Crippen LogP contribution in [0.3, 0.4) is 0 Å². The molecule has 0 aromatic heterocycles. The molecule has 168 valence electrons. The smallest absolute Gasteiger partial charge is 0.243 e. The number of carbonyl (C=O) groups is 1. The van der Waals surface area contributed by atoms with Gasteiger partial charge in [0.25, 0.3) is 0 Å². The Balaban J connectivity index is 1.87. The van der Waals surface area contributed by atoms with Crippen LogP contribution in [0.2, 0.25) is 15.1 Å². The Labute approximate surface area is 203 Å². The molecule has 0 heterocycles. The molecule has 0 aliphatic heterocycles. The second kappa shape index (κ2) is 10.7. The van der Waals surface area contributed by atoms with Gasteiger partial charge in [0.15, 0.2) is 0 Å². The van der Waals surface area contributed by atoms with Gasteiger partial charge in [-0.1, -0.05) is 71.2 Å². The molecular formula is C23H21Cl3N2O3S. The third-order valence-corrected chi connectivity index (χ3v) is 7.46. The zero-order chi connectivity index (χ0) is 23.3. The molecule has 0 saturated heterocycles. The average Bonchev–Trinajstić information content (AvgIpc) is 2.75. The number of rotatable bonds is 8. The fourth-order valence-electron chi connectivity index (χ4n) is 3.09. The molecule has 3 aromatic rings. The first-order valence-electron chi connectivity index (χ1n) is 9.71. The summed E-state index contributed by atoms with van der Waals surface area (Å²) in [5, 5.41) is 4.00. The zero-order valence-corrected chi connectivity index (χ0v) is 20.2. The number of hydrogen-bond donors (Lipinski definition) is 1. The third kappa shape index (κ3) is 6.24. The summed E-state index contributed by atoms with van der Waals surface area (Å²) in [7, 11) is -4.02. The quantitative estimate of drug-likeness (QED) is 0.421. The maximum atomic E-state index is 13.4. The van der Waals surface area contributed by atoms with Crippen molar-refractivity contribution in [3.63, 3.8) is 0 Å². The molecule has 0 radical (unpaired) electrons. The minimum Gasteiger partial charge on any atom is -0.348 e. The van der Waals surface area contributed by atoms with E-state index in [-0.39, 0.29) is 24.0 Å². The predicted octanol–water partition coefficient (Wildman–Crippen LogP) is 5.72. The number of halogens is 3. The molecule has 0 fully saturated rings. The van der Waals surface area contributed by atoms with Gasteiger partial charge in [0.1, 0.15) is 0 Å². The highest BCUT2D eigenvalue weighted by atomic mass is 35.5. The van der Waals surface area contributed by atoms with E-state index in [1.165, 1.54) is 30.3 Å². The molecule has 3 aromatic carbocycles. The van der Waals surface area contributed by atoms with Crippen molar-refractivity contribution in [2.75, 3.05) is 6.54 Å². The van der Waals surface area contributed by atoms with Gasteiger partial charge < -0.3 is 5.32 Å². The van der Waals surface area contributed by atoms with E-state index in [0.29, 0.717) is 20.6 Å². The molecule has 0 saturated carbocycles. The number of amides is 1. The molecule has 1 amide bonds. The van der Waals surface area contributed by atoms with Crippen molar-refractivity contribution in [1.82, 2.24) is 9.62 Å². The molecule has 5 nitrogen and oxygen atoms in total. The van der Waals surface area contributed by atoms with Crippen molar-refractivity contribution in [3.8, 4) is 0 Å². The van der Waals surface area contributed by atoms with Gasteiger partial charge in [-0.05, 0) is 54.4 Å². The van der Waals surface area contributed by atoms with E-state index in [1.54, 1.807) is 12.1 Å². The van der Waals surface area contributed by atoms with Crippen LogP contribution >= 0.6 is 34.8 Å². The van der Waals surface area contributed by atoms with Gasteiger partial charge in [0.05, 0.1) is 17.5 Å². The van der Waals surface area contributed by atoms with E-state index in [9.17, 15) is 13.2 Å². The van der Waals surface area contributed by atoms with Gasteiger partial charge in [0.2, 0.25) is 15.9 Å². The van der Waals surface area contributed by atoms with Crippen molar-refractivity contribution in [2.24, 2.45) is 0 Å². The number of hydrogen-bond acceptors (Lipinski definition) is 3. The van der Waals surface area contributed by atoms with Gasteiger partial charge in [0, 0.05) is 21.6 Å². The Morgan fingerprint density at radius 3 is 2.19 bits per heavy atom. The van der Waals surface area contributed by atoms with E-state index in [2.05, 4.69) is 5.32 Å². The summed E-state index contributed by atoms with van der Waals surface area (Å²) in [5.41, 5.74) is 1.44. The van der Waals surface area contributed by atoms with Crippen LogP contribution in [0, 0.1) is 0 Å². The Kier molecular flexibility index (Phi) is 8.20.